The van der Waals surface area contributed by atoms with Crippen molar-refractivity contribution < 1.29 is 4.79 Å². The molecule has 0 atom stereocenters. The fourth-order valence-electron chi connectivity index (χ4n) is 2.85. The number of hydrogen-bond acceptors (Lipinski definition) is 3. The molecule has 1 aliphatic rings. The van der Waals surface area contributed by atoms with Gasteiger partial charge in [-0.3, -0.25) is 4.79 Å². The lowest BCUT2D eigenvalue weighted by Crippen LogP contribution is -2.17. The highest BCUT2D eigenvalue weighted by Gasteiger charge is 2.22. The zero-order chi connectivity index (χ0) is 16.2. The average molecular weight is 345 g/mol. The molecule has 1 aromatic carbocycles. The van der Waals surface area contributed by atoms with Gasteiger partial charge < -0.3 is 9.88 Å². The topological polar surface area (TPSA) is 34.0 Å². The van der Waals surface area contributed by atoms with Crippen molar-refractivity contribution in [3.63, 3.8) is 0 Å². The van der Waals surface area contributed by atoms with Crippen molar-refractivity contribution >= 4 is 51.2 Å². The summed E-state index contributed by atoms with van der Waals surface area (Å²) in [4.78, 5) is 12.6. The second-order valence-electron chi connectivity index (χ2n) is 5.71. The monoisotopic (exact) mass is 344 g/mol. The van der Waals surface area contributed by atoms with Gasteiger partial charge in [-0.1, -0.05) is 68.4 Å². The SMILES string of the molecule is CCCCCCn1cc(/C=C2\SC(=S)NC2=O)c2ccccc21. The minimum atomic E-state index is -0.0974. The number of thiocarbonyl (C=S) groups is 1. The van der Waals surface area contributed by atoms with Crippen LogP contribution in [0.4, 0.5) is 0 Å². The van der Waals surface area contributed by atoms with E-state index in [1.54, 1.807) is 0 Å². The number of benzene rings is 1. The van der Waals surface area contributed by atoms with E-state index < -0.39 is 0 Å². The number of aryl methyl sites for hydroxylation is 1. The summed E-state index contributed by atoms with van der Waals surface area (Å²) in [6.45, 7) is 3.24. The van der Waals surface area contributed by atoms with Crippen LogP contribution in [0.1, 0.15) is 38.2 Å². The van der Waals surface area contributed by atoms with Crippen LogP contribution in [0.15, 0.2) is 35.4 Å². The zero-order valence-corrected chi connectivity index (χ0v) is 14.8. The Morgan fingerprint density at radius 2 is 2.09 bits per heavy atom. The van der Waals surface area contributed by atoms with Crippen LogP contribution in [0.2, 0.25) is 0 Å². The number of amides is 1. The van der Waals surface area contributed by atoms with Gasteiger partial charge in [0, 0.05) is 29.2 Å². The predicted molar refractivity (Wildman–Crippen MR) is 102 cm³/mol. The molecule has 1 aromatic heterocycles. The fraction of sp³-hybridized carbons (Fsp3) is 0.333. The second-order valence-corrected chi connectivity index (χ2v) is 7.43. The molecule has 0 saturated carbocycles. The van der Waals surface area contributed by atoms with Crippen molar-refractivity contribution in [1.82, 2.24) is 9.88 Å². The third kappa shape index (κ3) is 3.67. The van der Waals surface area contributed by atoms with Crippen LogP contribution in [0.3, 0.4) is 0 Å². The number of thioether (sulfide) groups is 1. The molecule has 0 unspecified atom stereocenters. The molecule has 0 bridgehead atoms. The van der Waals surface area contributed by atoms with Crippen LogP contribution in [0, 0.1) is 0 Å². The van der Waals surface area contributed by atoms with E-state index in [-0.39, 0.29) is 5.91 Å². The summed E-state index contributed by atoms with van der Waals surface area (Å²) in [7, 11) is 0. The number of para-hydroxylation sites is 1. The molecule has 0 aliphatic carbocycles. The number of fused-ring (bicyclic) bond motifs is 1. The molecule has 0 spiro atoms. The first-order valence-corrected chi connectivity index (χ1v) is 9.24. The lowest BCUT2D eigenvalue weighted by molar-refractivity contribution is -0.115. The van der Waals surface area contributed by atoms with Gasteiger partial charge in [0.2, 0.25) is 0 Å². The highest BCUT2D eigenvalue weighted by atomic mass is 32.2. The van der Waals surface area contributed by atoms with Crippen molar-refractivity contribution in [2.45, 2.75) is 39.2 Å². The number of unbranched alkanes of at least 4 members (excludes halogenated alkanes) is 3. The van der Waals surface area contributed by atoms with Gasteiger partial charge in [0.1, 0.15) is 4.32 Å². The Bertz CT molecular complexity index is 776. The van der Waals surface area contributed by atoms with Crippen molar-refractivity contribution in [1.29, 1.82) is 0 Å². The molecular weight excluding hydrogens is 324 g/mol. The molecule has 1 fully saturated rings. The summed E-state index contributed by atoms with van der Waals surface area (Å²) in [5.74, 6) is -0.0974. The van der Waals surface area contributed by atoms with E-state index >= 15 is 0 Å². The third-order valence-corrected chi connectivity index (χ3v) is 5.16. The summed E-state index contributed by atoms with van der Waals surface area (Å²) in [6.07, 6.45) is 9.07. The molecule has 1 N–H and O–H groups in total. The highest BCUT2D eigenvalue weighted by molar-refractivity contribution is 8.26. The minimum Gasteiger partial charge on any atom is -0.347 e. The van der Waals surface area contributed by atoms with E-state index in [0.29, 0.717) is 9.23 Å². The largest absolute Gasteiger partial charge is 0.347 e. The van der Waals surface area contributed by atoms with Crippen molar-refractivity contribution in [2.24, 2.45) is 0 Å². The molecule has 3 rings (SSSR count). The zero-order valence-electron chi connectivity index (χ0n) is 13.2. The normalized spacial score (nSPS) is 16.5. The molecule has 23 heavy (non-hydrogen) atoms. The molecule has 1 aliphatic heterocycles. The first-order valence-electron chi connectivity index (χ1n) is 8.02. The van der Waals surface area contributed by atoms with Gasteiger partial charge in [0.05, 0.1) is 4.91 Å². The average Bonchev–Trinajstić information content (AvgIpc) is 3.05. The van der Waals surface area contributed by atoms with Crippen molar-refractivity contribution in [3.05, 3.63) is 40.9 Å². The van der Waals surface area contributed by atoms with Crippen molar-refractivity contribution in [2.75, 3.05) is 0 Å². The van der Waals surface area contributed by atoms with Crippen LogP contribution < -0.4 is 5.32 Å². The Kier molecular flexibility index (Phi) is 5.18. The highest BCUT2D eigenvalue weighted by Crippen LogP contribution is 2.30. The standard InChI is InChI=1S/C18H20N2OS2/c1-2-3-4-7-10-20-12-13(14-8-5-6-9-15(14)20)11-16-17(21)19-18(22)23-16/h5-6,8-9,11-12H,2-4,7,10H2,1H3,(H,19,21,22)/b16-11-. The number of carbonyl (C=O) groups is 1. The summed E-state index contributed by atoms with van der Waals surface area (Å²) >= 11 is 6.39. The van der Waals surface area contributed by atoms with E-state index in [2.05, 4.69) is 41.2 Å². The molecule has 2 aromatic rings. The van der Waals surface area contributed by atoms with Crippen LogP contribution in [0.25, 0.3) is 17.0 Å². The third-order valence-electron chi connectivity index (χ3n) is 4.00. The molecule has 1 saturated heterocycles. The lowest BCUT2D eigenvalue weighted by atomic mass is 10.1. The second kappa shape index (κ2) is 7.32. The summed E-state index contributed by atoms with van der Waals surface area (Å²) in [6, 6.07) is 8.36. The van der Waals surface area contributed by atoms with Gasteiger partial charge in [0.15, 0.2) is 0 Å². The fourth-order valence-corrected chi connectivity index (χ4v) is 3.88. The number of aromatic nitrogens is 1. The quantitative estimate of drug-likeness (QED) is 0.468. The van der Waals surface area contributed by atoms with Crippen LogP contribution in [-0.2, 0) is 11.3 Å². The molecule has 1 amide bonds. The van der Waals surface area contributed by atoms with Crippen molar-refractivity contribution in [3.8, 4) is 0 Å². The maximum atomic E-state index is 11.9. The van der Waals surface area contributed by atoms with E-state index in [0.717, 1.165) is 12.1 Å². The predicted octanol–water partition coefficient (Wildman–Crippen LogP) is 4.71. The Morgan fingerprint density at radius 3 is 2.83 bits per heavy atom. The molecule has 0 radical (unpaired) electrons. The number of nitrogens with zero attached hydrogens (tertiary/aromatic N) is 1. The van der Waals surface area contributed by atoms with E-state index in [9.17, 15) is 4.79 Å². The molecular formula is C18H20N2OS2. The minimum absolute atomic E-state index is 0.0974. The van der Waals surface area contributed by atoms with Gasteiger partial charge in [-0.2, -0.15) is 0 Å². The lowest BCUT2D eigenvalue weighted by Gasteiger charge is -2.04. The summed E-state index contributed by atoms with van der Waals surface area (Å²) < 4.78 is 2.83. The maximum absolute atomic E-state index is 11.9. The molecule has 3 nitrogen and oxygen atoms in total. The number of carbonyl (C=O) groups excluding carboxylic acids is 1. The van der Waals surface area contributed by atoms with Gasteiger partial charge in [0.25, 0.3) is 5.91 Å². The van der Waals surface area contributed by atoms with Crippen LogP contribution in [0.5, 0.6) is 0 Å². The van der Waals surface area contributed by atoms with E-state index in [1.807, 2.05) is 12.1 Å². The Balaban J connectivity index is 1.90. The van der Waals surface area contributed by atoms with Gasteiger partial charge in [-0.15, -0.1) is 0 Å². The smallest absolute Gasteiger partial charge is 0.263 e. The van der Waals surface area contributed by atoms with Crippen LogP contribution in [-0.4, -0.2) is 14.8 Å². The maximum Gasteiger partial charge on any atom is 0.263 e. The van der Waals surface area contributed by atoms with E-state index in [4.69, 9.17) is 12.2 Å². The molecule has 2 heterocycles. The Hall–Kier alpha value is -1.59. The molecule has 5 heteroatoms. The number of rotatable bonds is 6. The van der Waals surface area contributed by atoms with Gasteiger partial charge >= 0.3 is 0 Å². The first kappa shape index (κ1) is 16.3. The summed E-state index contributed by atoms with van der Waals surface area (Å²) in [5.41, 5.74) is 2.31. The Labute approximate surface area is 146 Å². The van der Waals surface area contributed by atoms with Crippen LogP contribution >= 0.6 is 24.0 Å². The molecule has 120 valence electrons. The number of hydrogen-bond donors (Lipinski definition) is 1. The van der Waals surface area contributed by atoms with Gasteiger partial charge in [-0.25, -0.2) is 0 Å². The summed E-state index contributed by atoms with van der Waals surface area (Å²) in [5, 5.41) is 3.85. The van der Waals surface area contributed by atoms with E-state index in [1.165, 1.54) is 48.3 Å². The number of nitrogens with one attached hydrogen (secondary N) is 1. The van der Waals surface area contributed by atoms with Gasteiger partial charge in [-0.05, 0) is 18.6 Å². The first-order chi connectivity index (χ1) is 11.2. The Morgan fingerprint density at radius 1 is 1.26 bits per heavy atom.